The first-order valence-corrected chi connectivity index (χ1v) is 12.6. The molecule has 8 heteroatoms. The van der Waals surface area contributed by atoms with Crippen LogP contribution < -0.4 is 19.9 Å². The van der Waals surface area contributed by atoms with Crippen LogP contribution in [0.15, 0.2) is 58.5 Å². The smallest absolute Gasteiger partial charge is 0.325 e. The molecule has 1 fully saturated rings. The zero-order valence-electron chi connectivity index (χ0n) is 18.8. The van der Waals surface area contributed by atoms with Crippen molar-refractivity contribution in [3.63, 3.8) is 0 Å². The molecule has 0 radical (unpaired) electrons. The number of thioether (sulfide) groups is 1. The predicted octanol–water partition coefficient (Wildman–Crippen LogP) is 4.07. The van der Waals surface area contributed by atoms with Crippen molar-refractivity contribution < 1.29 is 14.2 Å². The van der Waals surface area contributed by atoms with Gasteiger partial charge in [0, 0.05) is 17.1 Å². The maximum absolute atomic E-state index is 13.3. The minimum atomic E-state index is -0.595. The normalized spacial score (nSPS) is 17.5. The average Bonchev–Trinajstić information content (AvgIpc) is 3.35. The molecule has 7 nitrogen and oxygen atoms in total. The second-order valence-electron chi connectivity index (χ2n) is 8.36. The molecule has 2 aromatic carbocycles. The molecule has 2 heterocycles. The molecule has 1 N–H and O–H groups in total. The third-order valence-electron chi connectivity index (χ3n) is 6.28. The summed E-state index contributed by atoms with van der Waals surface area (Å²) in [5.41, 5.74) is 2.46. The summed E-state index contributed by atoms with van der Waals surface area (Å²) in [7, 11) is 0. The van der Waals surface area contributed by atoms with Crippen LogP contribution in [0, 0.1) is 0 Å². The number of rotatable bonds is 5. The second kappa shape index (κ2) is 9.02. The Morgan fingerprint density at radius 1 is 1.21 bits per heavy atom. The number of carbonyl (C=O) groups is 1. The molecule has 33 heavy (non-hydrogen) atoms. The highest BCUT2D eigenvalue weighted by Gasteiger charge is 2.45. The van der Waals surface area contributed by atoms with Crippen molar-refractivity contribution in [2.75, 3.05) is 11.2 Å². The Balaban J connectivity index is 1.71. The Bertz CT molecular complexity index is 1250. The van der Waals surface area contributed by atoms with Gasteiger partial charge in [0.25, 0.3) is 6.17 Å². The van der Waals surface area contributed by atoms with Gasteiger partial charge in [-0.1, -0.05) is 36.9 Å². The van der Waals surface area contributed by atoms with E-state index in [1.54, 1.807) is 9.58 Å². The standard InChI is InChI=1S/C25H26N4O3S/c1-3-21(30)28-20-14-7-6-13-19(20)22-23(31)26-25(33-2)27-29(22)24(28)16-9-8-12-18(15-16)32-17-10-4-5-11-17/h6-9,12-15,17,24H,3-5,10-11H2,1-2H3/p+1. The van der Waals surface area contributed by atoms with Gasteiger partial charge in [0.1, 0.15) is 5.75 Å². The maximum atomic E-state index is 13.3. The predicted molar refractivity (Wildman–Crippen MR) is 128 cm³/mol. The summed E-state index contributed by atoms with van der Waals surface area (Å²) in [6, 6.07) is 15.4. The Morgan fingerprint density at radius 3 is 2.76 bits per heavy atom. The Labute approximate surface area is 196 Å². The number of anilines is 1. The van der Waals surface area contributed by atoms with E-state index in [9.17, 15) is 9.59 Å². The van der Waals surface area contributed by atoms with Crippen LogP contribution in [0.5, 0.6) is 5.75 Å². The fourth-order valence-corrected chi connectivity index (χ4v) is 5.12. The first-order valence-electron chi connectivity index (χ1n) is 11.4. The lowest BCUT2D eigenvalue weighted by Gasteiger charge is -2.32. The Morgan fingerprint density at radius 2 is 2.00 bits per heavy atom. The molecule has 1 aliphatic carbocycles. The van der Waals surface area contributed by atoms with Crippen molar-refractivity contribution in [1.29, 1.82) is 0 Å². The lowest BCUT2D eigenvalue weighted by molar-refractivity contribution is -0.763. The number of benzene rings is 2. The van der Waals surface area contributed by atoms with Crippen molar-refractivity contribution >= 4 is 23.4 Å². The Hall–Kier alpha value is -3.13. The van der Waals surface area contributed by atoms with Crippen LogP contribution in [0.4, 0.5) is 5.69 Å². The molecular weight excluding hydrogens is 436 g/mol. The summed E-state index contributed by atoms with van der Waals surface area (Å²) in [5.74, 6) is 0.736. The third kappa shape index (κ3) is 3.93. The van der Waals surface area contributed by atoms with E-state index in [1.807, 2.05) is 61.7 Å². The van der Waals surface area contributed by atoms with E-state index in [-0.39, 0.29) is 17.6 Å². The zero-order chi connectivity index (χ0) is 22.9. The summed E-state index contributed by atoms with van der Waals surface area (Å²) in [6.07, 6.45) is 6.33. The van der Waals surface area contributed by atoms with Crippen LogP contribution in [0.1, 0.15) is 50.8 Å². The molecule has 1 aliphatic heterocycles. The zero-order valence-corrected chi connectivity index (χ0v) is 19.6. The van der Waals surface area contributed by atoms with Crippen LogP contribution in [0.2, 0.25) is 0 Å². The number of carbonyl (C=O) groups excluding carboxylic acids is 1. The number of hydrogen-bond acceptors (Lipinski definition) is 5. The number of H-pyrrole nitrogens is 1. The summed E-state index contributed by atoms with van der Waals surface area (Å²) in [5, 5.41) is 5.23. The average molecular weight is 464 g/mol. The molecule has 3 aromatic rings. The quantitative estimate of drug-likeness (QED) is 0.456. The fourth-order valence-electron chi connectivity index (χ4n) is 4.75. The van der Waals surface area contributed by atoms with E-state index >= 15 is 0 Å². The molecule has 1 amide bonds. The summed E-state index contributed by atoms with van der Waals surface area (Å²) >= 11 is 1.36. The molecule has 0 saturated heterocycles. The largest absolute Gasteiger partial charge is 0.490 e. The van der Waals surface area contributed by atoms with E-state index in [2.05, 4.69) is 4.98 Å². The molecule has 1 atom stereocenters. The van der Waals surface area contributed by atoms with Gasteiger partial charge in [-0.15, -0.1) is 0 Å². The van der Waals surface area contributed by atoms with Crippen LogP contribution in [0.3, 0.4) is 0 Å². The van der Waals surface area contributed by atoms with E-state index in [0.717, 1.165) is 24.2 Å². The topological polar surface area (TPSA) is 79.2 Å². The number of ether oxygens (including phenoxy) is 1. The molecule has 0 spiro atoms. The van der Waals surface area contributed by atoms with Crippen molar-refractivity contribution in [2.24, 2.45) is 0 Å². The number of para-hydroxylation sites is 1. The van der Waals surface area contributed by atoms with Gasteiger partial charge in [-0.05, 0) is 67.0 Å². The molecule has 170 valence electrons. The number of amides is 1. The van der Waals surface area contributed by atoms with Gasteiger partial charge in [0.2, 0.25) is 11.1 Å². The first kappa shape index (κ1) is 21.7. The first-order chi connectivity index (χ1) is 16.1. The molecule has 0 bridgehead atoms. The van der Waals surface area contributed by atoms with Gasteiger partial charge in [-0.25, -0.2) is 4.90 Å². The van der Waals surface area contributed by atoms with Crippen molar-refractivity contribution in [2.45, 2.75) is 56.5 Å². The molecule has 5 rings (SSSR count). The number of aromatic amines is 1. The van der Waals surface area contributed by atoms with E-state index in [1.165, 1.54) is 24.6 Å². The van der Waals surface area contributed by atoms with Gasteiger partial charge in [0.15, 0.2) is 0 Å². The highest BCUT2D eigenvalue weighted by atomic mass is 32.2. The molecule has 1 unspecified atom stereocenters. The number of fused-ring (bicyclic) bond motifs is 3. The minimum absolute atomic E-state index is 0.0412. The van der Waals surface area contributed by atoms with Crippen molar-refractivity contribution in [3.8, 4) is 17.0 Å². The number of nitrogens with zero attached hydrogens (tertiary/aromatic N) is 3. The van der Waals surface area contributed by atoms with Crippen LogP contribution in [-0.4, -0.2) is 28.3 Å². The molecular formula is C25H27N4O3S+. The van der Waals surface area contributed by atoms with Gasteiger partial charge < -0.3 is 4.74 Å². The number of hydrogen-bond donors (Lipinski definition) is 1. The summed E-state index contributed by atoms with van der Waals surface area (Å²) < 4.78 is 7.94. The van der Waals surface area contributed by atoms with E-state index in [4.69, 9.17) is 9.84 Å². The summed E-state index contributed by atoms with van der Waals surface area (Å²) in [4.78, 5) is 31.1. The SMILES string of the molecule is CCC(=O)N1c2ccccc2-c2c(=O)[nH]c(SC)n[n+]2C1c1cccc(OC2CCCC2)c1. The lowest BCUT2D eigenvalue weighted by atomic mass is 10.0. The lowest BCUT2D eigenvalue weighted by Crippen LogP contribution is -2.60. The van der Waals surface area contributed by atoms with Gasteiger partial charge >= 0.3 is 11.3 Å². The van der Waals surface area contributed by atoms with E-state index < -0.39 is 6.17 Å². The maximum Gasteiger partial charge on any atom is 0.325 e. The van der Waals surface area contributed by atoms with Crippen LogP contribution in [-0.2, 0) is 4.79 Å². The molecule has 2 aliphatic rings. The van der Waals surface area contributed by atoms with Crippen LogP contribution in [0.25, 0.3) is 11.3 Å². The second-order valence-corrected chi connectivity index (χ2v) is 9.16. The van der Waals surface area contributed by atoms with Gasteiger partial charge in [-0.3, -0.25) is 14.6 Å². The number of nitrogens with one attached hydrogen (secondary N) is 1. The Kier molecular flexibility index (Phi) is 5.93. The minimum Gasteiger partial charge on any atom is -0.490 e. The van der Waals surface area contributed by atoms with Crippen molar-refractivity contribution in [1.82, 2.24) is 10.1 Å². The van der Waals surface area contributed by atoms with Gasteiger partial charge in [0.05, 0.1) is 17.4 Å². The highest BCUT2D eigenvalue weighted by Crippen LogP contribution is 2.38. The number of aromatic nitrogens is 3. The summed E-state index contributed by atoms with van der Waals surface area (Å²) in [6.45, 7) is 1.85. The third-order valence-corrected chi connectivity index (χ3v) is 6.85. The van der Waals surface area contributed by atoms with Crippen LogP contribution >= 0.6 is 11.8 Å². The monoisotopic (exact) mass is 463 g/mol. The molecule has 1 saturated carbocycles. The van der Waals surface area contributed by atoms with Gasteiger partial charge in [-0.2, -0.15) is 0 Å². The molecule has 1 aromatic heterocycles. The highest BCUT2D eigenvalue weighted by molar-refractivity contribution is 7.98. The van der Waals surface area contributed by atoms with Crippen molar-refractivity contribution in [3.05, 3.63) is 64.4 Å². The van der Waals surface area contributed by atoms with E-state index in [0.29, 0.717) is 28.5 Å². The fraction of sp³-hybridized carbons (Fsp3) is 0.360.